The van der Waals surface area contributed by atoms with E-state index in [4.69, 9.17) is 9.97 Å². The number of aryl methyl sites for hydroxylation is 2. The highest BCUT2D eigenvalue weighted by atomic mass is 15.4. The molecule has 0 aliphatic rings. The first-order valence-electron chi connectivity index (χ1n) is 8.03. The fraction of sp³-hybridized carbons (Fsp3) is 0.389. The Balaban J connectivity index is 2.09. The maximum atomic E-state index is 4.74. The Morgan fingerprint density at radius 2 is 1.91 bits per heavy atom. The van der Waals surface area contributed by atoms with E-state index in [9.17, 15) is 0 Å². The summed E-state index contributed by atoms with van der Waals surface area (Å²) in [6.45, 7) is 5.88. The molecule has 0 N–H and O–H groups in total. The van der Waals surface area contributed by atoms with Crippen LogP contribution < -0.4 is 0 Å². The van der Waals surface area contributed by atoms with Gasteiger partial charge < -0.3 is 4.90 Å². The van der Waals surface area contributed by atoms with Crippen LogP contribution in [-0.4, -0.2) is 45.3 Å². The average Bonchev–Trinajstić information content (AvgIpc) is 2.95. The Bertz CT molecular complexity index is 819. The summed E-state index contributed by atoms with van der Waals surface area (Å²) in [4.78, 5) is 11.6. The van der Waals surface area contributed by atoms with Gasteiger partial charge in [0.25, 0.3) is 0 Å². The Morgan fingerprint density at radius 3 is 2.65 bits per heavy atom. The molecule has 0 atom stereocenters. The highest BCUT2D eigenvalue weighted by molar-refractivity contribution is 5.83. The molecular weight excluding hydrogens is 286 g/mol. The third kappa shape index (κ3) is 3.24. The van der Waals surface area contributed by atoms with Gasteiger partial charge in [-0.15, -0.1) is 0 Å². The summed E-state index contributed by atoms with van der Waals surface area (Å²) in [5.74, 6) is 1.80. The number of rotatable bonds is 5. The number of likely N-dealkylation sites (N-methyl/N-ethyl adjacent to an activating group) is 1. The van der Waals surface area contributed by atoms with E-state index in [1.165, 1.54) is 0 Å². The van der Waals surface area contributed by atoms with Gasteiger partial charge in [0, 0.05) is 29.6 Å². The van der Waals surface area contributed by atoms with Crippen LogP contribution in [-0.2, 0) is 13.0 Å². The van der Waals surface area contributed by atoms with Crippen LogP contribution in [0.4, 0.5) is 0 Å². The van der Waals surface area contributed by atoms with Crippen LogP contribution in [0.2, 0.25) is 0 Å². The number of hydrogen-bond acceptors (Lipinski definition) is 4. The van der Waals surface area contributed by atoms with Gasteiger partial charge in [0.05, 0.1) is 12.1 Å². The van der Waals surface area contributed by atoms with Crippen molar-refractivity contribution in [2.45, 2.75) is 26.8 Å². The summed E-state index contributed by atoms with van der Waals surface area (Å²) in [5.41, 5.74) is 3.07. The van der Waals surface area contributed by atoms with E-state index in [2.05, 4.69) is 43.2 Å². The van der Waals surface area contributed by atoms with Gasteiger partial charge in [-0.2, -0.15) is 5.10 Å². The van der Waals surface area contributed by atoms with E-state index in [1.54, 1.807) is 0 Å². The zero-order valence-electron chi connectivity index (χ0n) is 14.2. The fourth-order valence-corrected chi connectivity index (χ4v) is 2.63. The standard InChI is InChI=1S/C18H23N5/c1-5-17-20-18(23(21-17)11-10-22(3)4)15-12-14-8-6-7-9-16(14)19-13(15)2/h6-9,12H,5,10-11H2,1-4H3. The van der Waals surface area contributed by atoms with E-state index in [0.29, 0.717) is 0 Å². The normalized spacial score (nSPS) is 11.5. The quantitative estimate of drug-likeness (QED) is 0.727. The SMILES string of the molecule is CCc1nc(-c2cc3ccccc3nc2C)n(CCN(C)C)n1. The van der Waals surface area contributed by atoms with Crippen molar-refractivity contribution in [3.8, 4) is 11.4 Å². The van der Waals surface area contributed by atoms with Gasteiger partial charge in [0.2, 0.25) is 0 Å². The molecule has 0 radical (unpaired) electrons. The van der Waals surface area contributed by atoms with Gasteiger partial charge in [-0.05, 0) is 33.2 Å². The van der Waals surface area contributed by atoms with Gasteiger partial charge in [-0.1, -0.05) is 25.1 Å². The lowest BCUT2D eigenvalue weighted by Gasteiger charge is -2.12. The van der Waals surface area contributed by atoms with Crippen LogP contribution in [0.1, 0.15) is 18.4 Å². The zero-order valence-corrected chi connectivity index (χ0v) is 14.2. The molecule has 0 fully saturated rings. The molecule has 5 nitrogen and oxygen atoms in total. The summed E-state index contributed by atoms with van der Waals surface area (Å²) < 4.78 is 2.01. The van der Waals surface area contributed by atoms with Crippen LogP contribution in [0, 0.1) is 6.92 Å². The molecule has 2 heterocycles. The van der Waals surface area contributed by atoms with E-state index >= 15 is 0 Å². The molecule has 0 saturated heterocycles. The number of benzene rings is 1. The van der Waals surface area contributed by atoms with E-state index in [0.717, 1.165) is 53.3 Å². The third-order valence-electron chi connectivity index (χ3n) is 3.95. The molecule has 0 aliphatic heterocycles. The van der Waals surface area contributed by atoms with Crippen LogP contribution in [0.25, 0.3) is 22.3 Å². The highest BCUT2D eigenvalue weighted by Gasteiger charge is 2.15. The Kier molecular flexibility index (Phi) is 4.39. The van der Waals surface area contributed by atoms with E-state index in [-0.39, 0.29) is 0 Å². The third-order valence-corrected chi connectivity index (χ3v) is 3.95. The summed E-state index contributed by atoms with van der Waals surface area (Å²) in [7, 11) is 4.14. The van der Waals surface area contributed by atoms with Crippen molar-refractivity contribution in [2.24, 2.45) is 0 Å². The number of nitrogens with zero attached hydrogens (tertiary/aromatic N) is 5. The van der Waals surface area contributed by atoms with Crippen molar-refractivity contribution in [3.63, 3.8) is 0 Å². The number of hydrogen-bond donors (Lipinski definition) is 0. The van der Waals surface area contributed by atoms with Gasteiger partial charge in [-0.3, -0.25) is 4.98 Å². The van der Waals surface area contributed by atoms with Crippen molar-refractivity contribution in [2.75, 3.05) is 20.6 Å². The summed E-state index contributed by atoms with van der Waals surface area (Å²) >= 11 is 0. The molecule has 2 aromatic heterocycles. The lowest BCUT2D eigenvalue weighted by atomic mass is 10.1. The topological polar surface area (TPSA) is 46.8 Å². The van der Waals surface area contributed by atoms with Crippen LogP contribution in [0.15, 0.2) is 30.3 Å². The Labute approximate surface area is 137 Å². The highest BCUT2D eigenvalue weighted by Crippen LogP contribution is 2.25. The molecule has 3 aromatic rings. The average molecular weight is 309 g/mol. The molecule has 120 valence electrons. The van der Waals surface area contributed by atoms with Gasteiger partial charge >= 0.3 is 0 Å². The van der Waals surface area contributed by atoms with Crippen molar-refractivity contribution in [1.29, 1.82) is 0 Å². The Hall–Kier alpha value is -2.27. The maximum Gasteiger partial charge on any atom is 0.160 e. The molecule has 23 heavy (non-hydrogen) atoms. The van der Waals surface area contributed by atoms with Crippen LogP contribution >= 0.6 is 0 Å². The van der Waals surface area contributed by atoms with Crippen molar-refractivity contribution < 1.29 is 0 Å². The minimum absolute atomic E-state index is 0.821. The molecule has 0 spiro atoms. The largest absolute Gasteiger partial charge is 0.308 e. The predicted molar refractivity (Wildman–Crippen MR) is 93.4 cm³/mol. The molecule has 5 heteroatoms. The maximum absolute atomic E-state index is 4.74. The number of aromatic nitrogens is 4. The second kappa shape index (κ2) is 6.46. The second-order valence-electron chi connectivity index (χ2n) is 6.05. The summed E-state index contributed by atoms with van der Waals surface area (Å²) in [6.07, 6.45) is 0.835. The molecule has 0 unspecified atom stereocenters. The van der Waals surface area contributed by atoms with Gasteiger partial charge in [0.15, 0.2) is 11.6 Å². The minimum atomic E-state index is 0.821. The number of pyridine rings is 1. The first kappa shape index (κ1) is 15.6. The molecule has 0 amide bonds. The van der Waals surface area contributed by atoms with Crippen molar-refractivity contribution in [1.82, 2.24) is 24.6 Å². The molecule has 1 aromatic carbocycles. The smallest absolute Gasteiger partial charge is 0.160 e. The van der Waals surface area contributed by atoms with Gasteiger partial charge in [-0.25, -0.2) is 9.67 Å². The molecule has 0 bridgehead atoms. The predicted octanol–water partition coefficient (Wildman–Crippen LogP) is 2.93. The van der Waals surface area contributed by atoms with Crippen molar-refractivity contribution in [3.05, 3.63) is 41.9 Å². The number of fused-ring (bicyclic) bond motifs is 1. The monoisotopic (exact) mass is 309 g/mol. The summed E-state index contributed by atoms with van der Waals surface area (Å²) in [6, 6.07) is 10.4. The first-order chi connectivity index (χ1) is 11.1. The lowest BCUT2D eigenvalue weighted by Crippen LogP contribution is -2.19. The molecule has 0 saturated carbocycles. The molecule has 0 aliphatic carbocycles. The Morgan fingerprint density at radius 1 is 1.13 bits per heavy atom. The fourth-order valence-electron chi connectivity index (χ4n) is 2.63. The zero-order chi connectivity index (χ0) is 16.4. The summed E-state index contributed by atoms with van der Waals surface area (Å²) in [5, 5.41) is 5.78. The van der Waals surface area contributed by atoms with Crippen LogP contribution in [0.3, 0.4) is 0 Å². The lowest BCUT2D eigenvalue weighted by molar-refractivity contribution is 0.373. The molecular formula is C18H23N5. The van der Waals surface area contributed by atoms with Gasteiger partial charge in [0.1, 0.15) is 0 Å². The van der Waals surface area contributed by atoms with E-state index < -0.39 is 0 Å². The second-order valence-corrected chi connectivity index (χ2v) is 6.05. The minimum Gasteiger partial charge on any atom is -0.308 e. The van der Waals surface area contributed by atoms with E-state index in [1.807, 2.05) is 29.8 Å². The molecule has 3 rings (SSSR count). The van der Waals surface area contributed by atoms with Crippen molar-refractivity contribution >= 4 is 10.9 Å². The number of para-hydroxylation sites is 1. The first-order valence-corrected chi connectivity index (χ1v) is 8.03. The van der Waals surface area contributed by atoms with Crippen LogP contribution in [0.5, 0.6) is 0 Å².